The van der Waals surface area contributed by atoms with E-state index in [1.807, 2.05) is 0 Å². The van der Waals surface area contributed by atoms with Gasteiger partial charge in [0.15, 0.2) is 0 Å². The number of nitrogens with zero attached hydrogens (tertiary/aromatic N) is 1. The molecule has 0 aliphatic rings. The number of hydrogen-bond donors (Lipinski definition) is 2. The first kappa shape index (κ1) is 10.6. The van der Waals surface area contributed by atoms with Gasteiger partial charge >= 0.3 is 0 Å². The number of anilines is 1. The van der Waals surface area contributed by atoms with E-state index in [0.29, 0.717) is 11.3 Å². The van der Waals surface area contributed by atoms with E-state index in [1.165, 1.54) is 12.1 Å². The van der Waals surface area contributed by atoms with Crippen molar-refractivity contribution in [3.05, 3.63) is 35.0 Å². The number of nitrogens with two attached hydrogens (primary N) is 2. The van der Waals surface area contributed by atoms with Gasteiger partial charge in [0.25, 0.3) is 5.91 Å². The van der Waals surface area contributed by atoms with Crippen molar-refractivity contribution in [1.82, 2.24) is 4.37 Å². The Morgan fingerprint density at radius 2 is 2.19 bits per heavy atom. The molecule has 4 N–H and O–H groups in total. The molecule has 0 atom stereocenters. The van der Waals surface area contributed by atoms with E-state index >= 15 is 0 Å². The van der Waals surface area contributed by atoms with Crippen molar-refractivity contribution in [2.24, 2.45) is 5.73 Å². The number of carbonyl (C=O) groups is 1. The predicted molar refractivity (Wildman–Crippen MR) is 60.4 cm³/mol. The third kappa shape index (κ3) is 1.74. The molecule has 0 aliphatic heterocycles. The number of nitrogen functional groups attached to an aromatic ring is 1. The zero-order valence-corrected chi connectivity index (χ0v) is 8.92. The molecule has 0 spiro atoms. The minimum absolute atomic E-state index is 0.194. The van der Waals surface area contributed by atoms with Crippen LogP contribution in [0.25, 0.3) is 11.3 Å². The normalized spacial score (nSPS) is 10.3. The van der Waals surface area contributed by atoms with Crippen LogP contribution in [0.3, 0.4) is 0 Å². The lowest BCUT2D eigenvalue weighted by Gasteiger charge is -1.99. The molecular formula is C10H8FN3OS. The smallest absolute Gasteiger partial charge is 0.262 e. The van der Waals surface area contributed by atoms with Crippen LogP contribution in [0.4, 0.5) is 10.1 Å². The van der Waals surface area contributed by atoms with E-state index < -0.39 is 5.91 Å². The summed E-state index contributed by atoms with van der Waals surface area (Å²) in [6.45, 7) is 0. The standard InChI is InChI=1S/C10H8FN3OS/c11-6-3-1-2-5(4-6)8-7(12)9(10(13)15)16-14-8/h1-4H,12H2,(H2,13,15). The van der Waals surface area contributed by atoms with E-state index in [1.54, 1.807) is 12.1 Å². The van der Waals surface area contributed by atoms with Crippen LogP contribution in [0.2, 0.25) is 0 Å². The Balaban J connectivity index is 2.53. The molecule has 1 amide bonds. The Morgan fingerprint density at radius 1 is 1.44 bits per heavy atom. The number of halogens is 1. The number of aromatic nitrogens is 1. The van der Waals surface area contributed by atoms with Crippen molar-refractivity contribution in [3.63, 3.8) is 0 Å². The second-order valence-electron chi connectivity index (χ2n) is 3.15. The number of benzene rings is 1. The lowest BCUT2D eigenvalue weighted by Crippen LogP contribution is -2.10. The van der Waals surface area contributed by atoms with Gasteiger partial charge in [-0.15, -0.1) is 0 Å². The van der Waals surface area contributed by atoms with Crippen LogP contribution in [0, 0.1) is 5.82 Å². The summed E-state index contributed by atoms with van der Waals surface area (Å²) in [5.74, 6) is -1.01. The molecule has 1 aromatic heterocycles. The van der Waals surface area contributed by atoms with Crippen molar-refractivity contribution in [2.45, 2.75) is 0 Å². The molecule has 16 heavy (non-hydrogen) atoms. The molecule has 0 unspecified atom stereocenters. The van der Waals surface area contributed by atoms with Gasteiger partial charge in [0.1, 0.15) is 16.4 Å². The lowest BCUT2D eigenvalue weighted by atomic mass is 10.1. The van der Waals surface area contributed by atoms with Gasteiger partial charge in [-0.25, -0.2) is 4.39 Å². The SMILES string of the molecule is NC(=O)c1snc(-c2cccc(F)c2)c1N. The molecule has 4 nitrogen and oxygen atoms in total. The summed E-state index contributed by atoms with van der Waals surface area (Å²) in [7, 11) is 0. The van der Waals surface area contributed by atoms with Crippen LogP contribution in [0.5, 0.6) is 0 Å². The highest BCUT2D eigenvalue weighted by molar-refractivity contribution is 7.09. The molecule has 0 saturated carbocycles. The number of rotatable bonds is 2. The van der Waals surface area contributed by atoms with Gasteiger partial charge in [-0.1, -0.05) is 12.1 Å². The molecule has 82 valence electrons. The summed E-state index contributed by atoms with van der Waals surface area (Å²) in [4.78, 5) is 11.2. The molecule has 0 radical (unpaired) electrons. The zero-order chi connectivity index (χ0) is 11.7. The maximum absolute atomic E-state index is 13.0. The molecule has 2 rings (SSSR count). The number of amides is 1. The number of carbonyl (C=O) groups excluding carboxylic acids is 1. The van der Waals surface area contributed by atoms with Gasteiger partial charge in [0.05, 0.1) is 5.69 Å². The van der Waals surface area contributed by atoms with Crippen LogP contribution in [0.1, 0.15) is 9.67 Å². The van der Waals surface area contributed by atoms with Gasteiger partial charge in [0, 0.05) is 5.56 Å². The van der Waals surface area contributed by atoms with Crippen molar-refractivity contribution >= 4 is 23.1 Å². The Kier molecular flexibility index (Phi) is 2.57. The molecular weight excluding hydrogens is 229 g/mol. The monoisotopic (exact) mass is 237 g/mol. The summed E-state index contributed by atoms with van der Waals surface area (Å²) in [6.07, 6.45) is 0. The highest BCUT2D eigenvalue weighted by Crippen LogP contribution is 2.30. The summed E-state index contributed by atoms with van der Waals surface area (Å²) in [5, 5.41) is 0. The fraction of sp³-hybridized carbons (Fsp3) is 0. The average molecular weight is 237 g/mol. The van der Waals surface area contributed by atoms with Crippen molar-refractivity contribution in [1.29, 1.82) is 0 Å². The molecule has 1 aromatic carbocycles. The topological polar surface area (TPSA) is 82.0 Å². The van der Waals surface area contributed by atoms with Crippen molar-refractivity contribution in [3.8, 4) is 11.3 Å². The number of primary amides is 1. The van der Waals surface area contributed by atoms with E-state index in [0.717, 1.165) is 11.5 Å². The van der Waals surface area contributed by atoms with Gasteiger partial charge in [-0.3, -0.25) is 4.79 Å². The van der Waals surface area contributed by atoms with Crippen LogP contribution in [0.15, 0.2) is 24.3 Å². The molecule has 0 fully saturated rings. The summed E-state index contributed by atoms with van der Waals surface area (Å²) < 4.78 is 17.0. The quantitative estimate of drug-likeness (QED) is 0.832. The van der Waals surface area contributed by atoms with E-state index in [4.69, 9.17) is 11.5 Å². The largest absolute Gasteiger partial charge is 0.396 e. The predicted octanol–water partition coefficient (Wildman–Crippen LogP) is 1.63. The summed E-state index contributed by atoms with van der Waals surface area (Å²) in [5.41, 5.74) is 11.9. The van der Waals surface area contributed by atoms with Gasteiger partial charge in [0.2, 0.25) is 0 Å². The van der Waals surface area contributed by atoms with Gasteiger partial charge in [-0.2, -0.15) is 4.37 Å². The zero-order valence-electron chi connectivity index (χ0n) is 8.11. The number of hydrogen-bond acceptors (Lipinski definition) is 4. The van der Waals surface area contributed by atoms with Gasteiger partial charge < -0.3 is 11.5 Å². The highest BCUT2D eigenvalue weighted by atomic mass is 32.1. The minimum Gasteiger partial charge on any atom is -0.396 e. The van der Waals surface area contributed by atoms with Gasteiger partial charge in [-0.05, 0) is 23.7 Å². The van der Waals surface area contributed by atoms with Crippen LogP contribution >= 0.6 is 11.5 Å². The third-order valence-electron chi connectivity index (χ3n) is 2.05. The maximum Gasteiger partial charge on any atom is 0.262 e. The van der Waals surface area contributed by atoms with Crippen LogP contribution < -0.4 is 11.5 Å². The first-order valence-electron chi connectivity index (χ1n) is 4.40. The fourth-order valence-electron chi connectivity index (χ4n) is 1.32. The van der Waals surface area contributed by atoms with Crippen molar-refractivity contribution < 1.29 is 9.18 Å². The minimum atomic E-state index is -0.627. The Labute approximate surface area is 94.9 Å². The molecule has 2 aromatic rings. The lowest BCUT2D eigenvalue weighted by molar-refractivity contribution is 0.100. The Hall–Kier alpha value is -1.95. The molecule has 1 heterocycles. The second-order valence-corrected chi connectivity index (χ2v) is 3.92. The molecule has 0 saturated heterocycles. The van der Waals surface area contributed by atoms with Crippen molar-refractivity contribution in [2.75, 3.05) is 5.73 Å². The maximum atomic E-state index is 13.0. The summed E-state index contributed by atoms with van der Waals surface area (Å²) >= 11 is 0.913. The Morgan fingerprint density at radius 3 is 2.75 bits per heavy atom. The molecule has 0 bridgehead atoms. The second kappa shape index (κ2) is 3.90. The first-order chi connectivity index (χ1) is 7.59. The van der Waals surface area contributed by atoms with E-state index in [2.05, 4.69) is 4.37 Å². The molecule has 6 heteroatoms. The third-order valence-corrected chi connectivity index (χ3v) is 2.93. The average Bonchev–Trinajstić information content (AvgIpc) is 2.60. The van der Waals surface area contributed by atoms with E-state index in [-0.39, 0.29) is 16.4 Å². The fourth-order valence-corrected chi connectivity index (χ4v) is 1.99. The van der Waals surface area contributed by atoms with Crippen LogP contribution in [-0.4, -0.2) is 10.3 Å². The summed E-state index contributed by atoms with van der Waals surface area (Å²) in [6, 6.07) is 5.84. The highest BCUT2D eigenvalue weighted by Gasteiger charge is 2.16. The van der Waals surface area contributed by atoms with E-state index in [9.17, 15) is 9.18 Å². The van der Waals surface area contributed by atoms with Crippen LogP contribution in [-0.2, 0) is 0 Å². The molecule has 0 aliphatic carbocycles. The Bertz CT molecular complexity index is 553. The first-order valence-corrected chi connectivity index (χ1v) is 5.18.